The number of nitrogens with zero attached hydrogens (tertiary/aromatic N) is 2. The number of ether oxygens (including phenoxy) is 1. The SMILES string of the molecule is COc1ccc(/C=C2\SC(=O)N(CC(=O)N(C)[C@@H]3CCS(=O)(=O)C3)C2=O)cc1. The second-order valence-electron chi connectivity index (χ2n) is 6.60. The summed E-state index contributed by atoms with van der Waals surface area (Å²) in [5, 5.41) is -0.523. The summed E-state index contributed by atoms with van der Waals surface area (Å²) in [5.41, 5.74) is 0.728. The number of rotatable bonds is 5. The molecule has 3 rings (SSSR count). The van der Waals surface area contributed by atoms with Crippen LogP contribution in [0.2, 0.25) is 0 Å². The summed E-state index contributed by atoms with van der Waals surface area (Å²) in [6.07, 6.45) is 1.95. The molecular weight excluding hydrogens is 404 g/mol. The molecule has 1 aromatic carbocycles. The van der Waals surface area contributed by atoms with Crippen molar-refractivity contribution in [1.29, 1.82) is 0 Å². The normalized spacial score (nSPS) is 22.7. The highest BCUT2D eigenvalue weighted by molar-refractivity contribution is 8.18. The smallest absolute Gasteiger partial charge is 0.294 e. The molecule has 8 nitrogen and oxygen atoms in total. The Morgan fingerprint density at radius 2 is 2.00 bits per heavy atom. The summed E-state index contributed by atoms with van der Waals surface area (Å²) in [6.45, 7) is -0.405. The van der Waals surface area contributed by atoms with Crippen molar-refractivity contribution in [1.82, 2.24) is 9.80 Å². The van der Waals surface area contributed by atoms with E-state index >= 15 is 0 Å². The van der Waals surface area contributed by atoms with Gasteiger partial charge in [0.05, 0.1) is 23.5 Å². The molecule has 0 saturated carbocycles. The molecule has 0 unspecified atom stereocenters. The zero-order chi connectivity index (χ0) is 20.5. The van der Waals surface area contributed by atoms with E-state index in [-0.39, 0.29) is 16.4 Å². The van der Waals surface area contributed by atoms with E-state index in [9.17, 15) is 22.8 Å². The van der Waals surface area contributed by atoms with Gasteiger partial charge in [-0.05, 0) is 42.0 Å². The van der Waals surface area contributed by atoms with Crippen molar-refractivity contribution in [2.24, 2.45) is 0 Å². The molecule has 0 radical (unpaired) electrons. The summed E-state index contributed by atoms with van der Waals surface area (Å²) in [6, 6.07) is 6.57. The molecule has 2 aliphatic heterocycles. The maximum absolute atomic E-state index is 12.6. The van der Waals surface area contributed by atoms with Gasteiger partial charge in [-0.3, -0.25) is 19.3 Å². The van der Waals surface area contributed by atoms with Gasteiger partial charge in [0.25, 0.3) is 11.1 Å². The number of sulfone groups is 1. The van der Waals surface area contributed by atoms with Crippen molar-refractivity contribution < 1.29 is 27.5 Å². The average molecular weight is 425 g/mol. The Morgan fingerprint density at radius 1 is 1.32 bits per heavy atom. The number of likely N-dealkylation sites (N-methyl/N-ethyl adjacent to an activating group) is 1. The Balaban J connectivity index is 1.67. The van der Waals surface area contributed by atoms with E-state index in [1.165, 1.54) is 11.9 Å². The molecule has 3 amide bonds. The minimum atomic E-state index is -3.13. The molecule has 2 fully saturated rings. The molecule has 2 aliphatic rings. The Morgan fingerprint density at radius 3 is 2.57 bits per heavy atom. The van der Waals surface area contributed by atoms with E-state index in [4.69, 9.17) is 4.74 Å². The van der Waals surface area contributed by atoms with Crippen molar-refractivity contribution in [3.8, 4) is 5.75 Å². The van der Waals surface area contributed by atoms with Crippen LogP contribution in [0.1, 0.15) is 12.0 Å². The lowest BCUT2D eigenvalue weighted by atomic mass is 10.2. The number of hydrogen-bond acceptors (Lipinski definition) is 7. The lowest BCUT2D eigenvalue weighted by molar-refractivity contribution is -0.136. The number of hydrogen-bond donors (Lipinski definition) is 0. The summed E-state index contributed by atoms with van der Waals surface area (Å²) in [5.74, 6) is -0.370. The first-order valence-electron chi connectivity index (χ1n) is 8.55. The fraction of sp³-hybridized carbons (Fsp3) is 0.389. The number of thioether (sulfide) groups is 1. The largest absolute Gasteiger partial charge is 0.497 e. The molecule has 0 aliphatic carbocycles. The number of carbonyl (C=O) groups excluding carboxylic acids is 3. The van der Waals surface area contributed by atoms with Crippen LogP contribution in [0.15, 0.2) is 29.2 Å². The predicted octanol–water partition coefficient (Wildman–Crippen LogP) is 1.38. The Hall–Kier alpha value is -2.33. The summed E-state index contributed by atoms with van der Waals surface area (Å²) < 4.78 is 28.3. The molecule has 1 atom stereocenters. The van der Waals surface area contributed by atoms with E-state index < -0.39 is 39.5 Å². The highest BCUT2D eigenvalue weighted by Gasteiger charge is 2.39. The van der Waals surface area contributed by atoms with E-state index in [0.29, 0.717) is 12.2 Å². The van der Waals surface area contributed by atoms with Crippen LogP contribution in [0.5, 0.6) is 5.75 Å². The van der Waals surface area contributed by atoms with Crippen LogP contribution in [-0.4, -0.2) is 73.5 Å². The number of methoxy groups -OCH3 is 1. The van der Waals surface area contributed by atoms with Gasteiger partial charge in [0.1, 0.15) is 12.3 Å². The first-order valence-corrected chi connectivity index (χ1v) is 11.2. The fourth-order valence-electron chi connectivity index (χ4n) is 3.02. The molecule has 10 heteroatoms. The van der Waals surface area contributed by atoms with Crippen molar-refractivity contribution in [3.63, 3.8) is 0 Å². The third-order valence-electron chi connectivity index (χ3n) is 4.73. The van der Waals surface area contributed by atoms with Crippen molar-refractivity contribution in [2.75, 3.05) is 32.2 Å². The number of carbonyl (C=O) groups is 3. The van der Waals surface area contributed by atoms with Crippen LogP contribution in [0.4, 0.5) is 4.79 Å². The Labute approximate surface area is 167 Å². The molecule has 2 heterocycles. The molecule has 0 N–H and O–H groups in total. The number of imide groups is 1. The minimum Gasteiger partial charge on any atom is -0.497 e. The van der Waals surface area contributed by atoms with Gasteiger partial charge in [-0.25, -0.2) is 8.42 Å². The quantitative estimate of drug-likeness (QED) is 0.658. The van der Waals surface area contributed by atoms with Crippen LogP contribution in [0, 0.1) is 0 Å². The van der Waals surface area contributed by atoms with E-state index in [1.807, 2.05) is 0 Å². The van der Waals surface area contributed by atoms with Crippen LogP contribution < -0.4 is 4.74 Å². The third-order valence-corrected chi connectivity index (χ3v) is 7.39. The molecule has 150 valence electrons. The summed E-state index contributed by atoms with van der Waals surface area (Å²) in [7, 11) is -0.0837. The van der Waals surface area contributed by atoms with Crippen LogP contribution in [0.25, 0.3) is 6.08 Å². The maximum Gasteiger partial charge on any atom is 0.294 e. The van der Waals surface area contributed by atoms with Gasteiger partial charge in [-0.15, -0.1) is 0 Å². The van der Waals surface area contributed by atoms with Crippen molar-refractivity contribution >= 4 is 44.7 Å². The highest BCUT2D eigenvalue weighted by atomic mass is 32.2. The maximum atomic E-state index is 12.6. The van der Waals surface area contributed by atoms with E-state index in [1.54, 1.807) is 37.5 Å². The standard InChI is InChI=1S/C18H20N2O6S2/c1-19(13-7-8-28(24,25)11-13)16(21)10-20-17(22)15(27-18(20)23)9-12-3-5-14(26-2)6-4-12/h3-6,9,13H,7-8,10-11H2,1-2H3/b15-9-/t13-/m1/s1. The van der Waals surface area contributed by atoms with Crippen LogP contribution >= 0.6 is 11.8 Å². The topological polar surface area (TPSA) is 101 Å². The zero-order valence-corrected chi connectivity index (χ0v) is 17.1. The molecule has 2 saturated heterocycles. The third kappa shape index (κ3) is 4.39. The fourth-order valence-corrected chi connectivity index (χ4v) is 5.63. The molecule has 0 spiro atoms. The molecular formula is C18H20N2O6S2. The Kier molecular flexibility index (Phi) is 5.80. The van der Waals surface area contributed by atoms with E-state index in [0.717, 1.165) is 22.2 Å². The Bertz CT molecular complexity index is 939. The van der Waals surface area contributed by atoms with Gasteiger partial charge in [-0.1, -0.05) is 12.1 Å². The van der Waals surface area contributed by atoms with Crippen molar-refractivity contribution in [2.45, 2.75) is 12.5 Å². The van der Waals surface area contributed by atoms with Gasteiger partial charge in [0, 0.05) is 13.1 Å². The first-order chi connectivity index (χ1) is 13.2. The van der Waals surface area contributed by atoms with Crippen molar-refractivity contribution in [3.05, 3.63) is 34.7 Å². The van der Waals surface area contributed by atoms with Crippen LogP contribution in [-0.2, 0) is 19.4 Å². The monoisotopic (exact) mass is 424 g/mol. The minimum absolute atomic E-state index is 0.0431. The first kappa shape index (κ1) is 20.4. The summed E-state index contributed by atoms with van der Waals surface area (Å²) in [4.78, 5) is 39.7. The molecule has 28 heavy (non-hydrogen) atoms. The lowest BCUT2D eigenvalue weighted by Crippen LogP contribution is -2.45. The average Bonchev–Trinajstić information content (AvgIpc) is 3.15. The van der Waals surface area contributed by atoms with Gasteiger partial charge < -0.3 is 9.64 Å². The lowest BCUT2D eigenvalue weighted by Gasteiger charge is -2.25. The second kappa shape index (κ2) is 7.96. The van der Waals surface area contributed by atoms with Gasteiger partial charge in [0.15, 0.2) is 9.84 Å². The highest BCUT2D eigenvalue weighted by Crippen LogP contribution is 2.32. The molecule has 1 aromatic rings. The van der Waals surface area contributed by atoms with Gasteiger partial charge >= 0.3 is 0 Å². The molecule has 0 aromatic heterocycles. The summed E-state index contributed by atoms with van der Waals surface area (Å²) >= 11 is 0.773. The second-order valence-corrected chi connectivity index (χ2v) is 9.82. The van der Waals surface area contributed by atoms with Gasteiger partial charge in [0.2, 0.25) is 5.91 Å². The van der Waals surface area contributed by atoms with Gasteiger partial charge in [-0.2, -0.15) is 0 Å². The number of benzene rings is 1. The van der Waals surface area contributed by atoms with E-state index in [2.05, 4.69) is 0 Å². The predicted molar refractivity (Wildman–Crippen MR) is 105 cm³/mol. The zero-order valence-electron chi connectivity index (χ0n) is 15.5. The number of amides is 3. The van der Waals surface area contributed by atoms with Crippen LogP contribution in [0.3, 0.4) is 0 Å². The molecule has 0 bridgehead atoms.